The van der Waals surface area contributed by atoms with Gasteiger partial charge in [-0.25, -0.2) is 4.98 Å². The Morgan fingerprint density at radius 3 is 2.71 bits per heavy atom. The third-order valence-electron chi connectivity index (χ3n) is 4.01. The van der Waals surface area contributed by atoms with Crippen molar-refractivity contribution in [2.45, 2.75) is 31.6 Å². The number of nitrogens with one attached hydrogen (secondary N) is 1. The number of aromatic nitrogens is 1. The van der Waals surface area contributed by atoms with Crippen LogP contribution in [0.3, 0.4) is 0 Å². The van der Waals surface area contributed by atoms with Gasteiger partial charge in [-0.3, -0.25) is 0 Å². The van der Waals surface area contributed by atoms with Crippen LogP contribution in [-0.2, 0) is 0 Å². The van der Waals surface area contributed by atoms with Gasteiger partial charge in [0.1, 0.15) is 5.82 Å². The first-order valence-corrected chi connectivity index (χ1v) is 6.85. The average Bonchev–Trinajstić information content (AvgIpc) is 2.94. The molecule has 1 aromatic heterocycles. The molecular weight excluding hydrogens is 210 g/mol. The molecule has 1 aromatic rings. The maximum absolute atomic E-state index is 4.53. The van der Waals surface area contributed by atoms with E-state index >= 15 is 0 Å². The van der Waals surface area contributed by atoms with Crippen LogP contribution in [0.5, 0.6) is 0 Å². The zero-order chi connectivity index (χ0) is 11.5. The SMILES string of the molecule is c1cc(C2CCNCC2)cc(N2CCCC2)n1. The Bertz CT molecular complexity index is 365. The Morgan fingerprint density at radius 1 is 1.18 bits per heavy atom. The predicted octanol–water partition coefficient (Wildman–Crippen LogP) is 2.15. The van der Waals surface area contributed by atoms with Crippen molar-refractivity contribution in [2.24, 2.45) is 0 Å². The number of nitrogens with zero attached hydrogens (tertiary/aromatic N) is 2. The monoisotopic (exact) mass is 231 g/mol. The molecule has 0 unspecified atom stereocenters. The number of anilines is 1. The van der Waals surface area contributed by atoms with Gasteiger partial charge >= 0.3 is 0 Å². The zero-order valence-electron chi connectivity index (χ0n) is 10.4. The van der Waals surface area contributed by atoms with Crippen LogP contribution in [-0.4, -0.2) is 31.2 Å². The standard InChI is InChI=1S/C14H21N3/c1-2-10-17(9-1)14-11-13(5-8-16-14)12-3-6-15-7-4-12/h5,8,11-12,15H,1-4,6-7,9-10H2. The molecule has 0 atom stereocenters. The third-order valence-corrected chi connectivity index (χ3v) is 4.01. The van der Waals surface area contributed by atoms with Gasteiger partial charge in [0.15, 0.2) is 0 Å². The first-order chi connectivity index (χ1) is 8.43. The van der Waals surface area contributed by atoms with E-state index in [2.05, 4.69) is 27.3 Å². The molecule has 0 amide bonds. The summed E-state index contributed by atoms with van der Waals surface area (Å²) >= 11 is 0. The molecule has 2 fully saturated rings. The summed E-state index contributed by atoms with van der Waals surface area (Å²) in [6.45, 7) is 4.68. The Morgan fingerprint density at radius 2 is 1.94 bits per heavy atom. The van der Waals surface area contributed by atoms with Gasteiger partial charge in [0.25, 0.3) is 0 Å². The number of rotatable bonds is 2. The highest BCUT2D eigenvalue weighted by Gasteiger charge is 2.18. The predicted molar refractivity (Wildman–Crippen MR) is 70.5 cm³/mol. The fourth-order valence-electron chi connectivity index (χ4n) is 2.96. The van der Waals surface area contributed by atoms with E-state index in [0.29, 0.717) is 0 Å². The second-order valence-electron chi connectivity index (χ2n) is 5.17. The van der Waals surface area contributed by atoms with Crippen molar-refractivity contribution in [1.82, 2.24) is 10.3 Å². The summed E-state index contributed by atoms with van der Waals surface area (Å²) < 4.78 is 0. The smallest absolute Gasteiger partial charge is 0.128 e. The van der Waals surface area contributed by atoms with E-state index in [1.54, 1.807) is 0 Å². The lowest BCUT2D eigenvalue weighted by Crippen LogP contribution is -2.27. The van der Waals surface area contributed by atoms with Crippen molar-refractivity contribution in [1.29, 1.82) is 0 Å². The Labute approximate surface area is 103 Å². The molecule has 3 heteroatoms. The number of pyridine rings is 1. The van der Waals surface area contributed by atoms with Crippen LogP contribution in [0.4, 0.5) is 5.82 Å². The molecule has 0 radical (unpaired) electrons. The van der Waals surface area contributed by atoms with Crippen molar-refractivity contribution in [2.75, 3.05) is 31.1 Å². The van der Waals surface area contributed by atoms with Crippen LogP contribution >= 0.6 is 0 Å². The maximum atomic E-state index is 4.53. The lowest BCUT2D eigenvalue weighted by molar-refractivity contribution is 0.460. The summed E-state index contributed by atoms with van der Waals surface area (Å²) in [5.74, 6) is 1.93. The summed E-state index contributed by atoms with van der Waals surface area (Å²) in [5.41, 5.74) is 1.49. The minimum absolute atomic E-state index is 0.737. The quantitative estimate of drug-likeness (QED) is 0.845. The van der Waals surface area contributed by atoms with E-state index in [0.717, 1.165) is 19.0 Å². The summed E-state index contributed by atoms with van der Waals surface area (Å²) in [6.07, 6.45) is 7.16. The van der Waals surface area contributed by atoms with Crippen molar-refractivity contribution in [3.8, 4) is 0 Å². The Hall–Kier alpha value is -1.09. The molecule has 92 valence electrons. The summed E-state index contributed by atoms with van der Waals surface area (Å²) in [5, 5.41) is 3.43. The van der Waals surface area contributed by atoms with E-state index in [1.807, 2.05) is 6.20 Å². The topological polar surface area (TPSA) is 28.2 Å². The lowest BCUT2D eigenvalue weighted by atomic mass is 9.91. The number of hydrogen-bond donors (Lipinski definition) is 1. The normalized spacial score (nSPS) is 22.0. The molecule has 2 saturated heterocycles. The summed E-state index contributed by atoms with van der Waals surface area (Å²) in [6, 6.07) is 4.52. The van der Waals surface area contributed by atoms with Crippen molar-refractivity contribution >= 4 is 5.82 Å². The van der Waals surface area contributed by atoms with Crippen molar-refractivity contribution in [3.63, 3.8) is 0 Å². The minimum atomic E-state index is 0.737. The summed E-state index contributed by atoms with van der Waals surface area (Å²) in [7, 11) is 0. The lowest BCUT2D eigenvalue weighted by Gasteiger charge is -2.24. The second-order valence-corrected chi connectivity index (χ2v) is 5.17. The molecular formula is C14H21N3. The maximum Gasteiger partial charge on any atom is 0.128 e. The zero-order valence-corrected chi connectivity index (χ0v) is 10.4. The number of piperidine rings is 1. The van der Waals surface area contributed by atoms with Crippen LogP contribution < -0.4 is 10.2 Å². The van der Waals surface area contributed by atoms with Crippen LogP contribution in [0, 0.1) is 0 Å². The molecule has 0 aromatic carbocycles. The molecule has 2 aliphatic heterocycles. The van der Waals surface area contributed by atoms with Gasteiger partial charge in [0.2, 0.25) is 0 Å². The van der Waals surface area contributed by atoms with E-state index in [-0.39, 0.29) is 0 Å². The van der Waals surface area contributed by atoms with E-state index < -0.39 is 0 Å². The van der Waals surface area contributed by atoms with Crippen LogP contribution in [0.1, 0.15) is 37.2 Å². The third kappa shape index (κ3) is 2.44. The molecule has 3 rings (SSSR count). The molecule has 0 spiro atoms. The molecule has 0 bridgehead atoms. The van der Waals surface area contributed by atoms with Crippen molar-refractivity contribution in [3.05, 3.63) is 23.9 Å². The van der Waals surface area contributed by atoms with Gasteiger partial charge in [-0.2, -0.15) is 0 Å². The van der Waals surface area contributed by atoms with Crippen molar-refractivity contribution < 1.29 is 0 Å². The second kappa shape index (κ2) is 5.05. The summed E-state index contributed by atoms with van der Waals surface area (Å²) in [4.78, 5) is 6.95. The van der Waals surface area contributed by atoms with Crippen LogP contribution in [0.15, 0.2) is 18.3 Å². The molecule has 3 nitrogen and oxygen atoms in total. The van der Waals surface area contributed by atoms with Crippen LogP contribution in [0.25, 0.3) is 0 Å². The average molecular weight is 231 g/mol. The molecule has 3 heterocycles. The highest BCUT2D eigenvalue weighted by atomic mass is 15.2. The minimum Gasteiger partial charge on any atom is -0.357 e. The van der Waals surface area contributed by atoms with Gasteiger partial charge in [-0.15, -0.1) is 0 Å². The highest BCUT2D eigenvalue weighted by Crippen LogP contribution is 2.28. The fourth-order valence-corrected chi connectivity index (χ4v) is 2.96. The molecule has 0 saturated carbocycles. The fraction of sp³-hybridized carbons (Fsp3) is 0.643. The largest absolute Gasteiger partial charge is 0.357 e. The van der Waals surface area contributed by atoms with E-state index in [1.165, 1.54) is 50.2 Å². The number of hydrogen-bond acceptors (Lipinski definition) is 3. The first-order valence-electron chi connectivity index (χ1n) is 6.85. The van der Waals surface area contributed by atoms with Gasteiger partial charge in [-0.1, -0.05) is 0 Å². The first kappa shape index (κ1) is 11.0. The van der Waals surface area contributed by atoms with Gasteiger partial charge in [0.05, 0.1) is 0 Å². The van der Waals surface area contributed by atoms with Crippen LogP contribution in [0.2, 0.25) is 0 Å². The Balaban J connectivity index is 1.77. The molecule has 0 aliphatic carbocycles. The van der Waals surface area contributed by atoms with E-state index in [9.17, 15) is 0 Å². The molecule has 1 N–H and O–H groups in total. The van der Waals surface area contributed by atoms with Gasteiger partial charge in [-0.05, 0) is 62.4 Å². The van der Waals surface area contributed by atoms with Gasteiger partial charge < -0.3 is 10.2 Å². The molecule has 2 aliphatic rings. The van der Waals surface area contributed by atoms with Gasteiger partial charge in [0, 0.05) is 19.3 Å². The molecule has 17 heavy (non-hydrogen) atoms. The highest BCUT2D eigenvalue weighted by molar-refractivity contribution is 5.42. The Kier molecular flexibility index (Phi) is 3.27. The van der Waals surface area contributed by atoms with E-state index in [4.69, 9.17) is 0 Å².